The number of rotatable bonds is 6. The van der Waals surface area contributed by atoms with Crippen LogP contribution in [0.3, 0.4) is 0 Å². The van der Waals surface area contributed by atoms with E-state index in [1.165, 1.54) is 60.6 Å². The van der Waals surface area contributed by atoms with E-state index < -0.39 is 35.2 Å². The Morgan fingerprint density at radius 3 is 2.36 bits per heavy atom. The lowest BCUT2D eigenvalue weighted by atomic mass is 10.1. The summed E-state index contributed by atoms with van der Waals surface area (Å²) in [6.45, 7) is 1.48. The molecule has 3 aromatic rings. The average molecular weight is 518 g/mol. The second-order valence-corrected chi connectivity index (χ2v) is 8.93. The number of hydrogen-bond acceptors (Lipinski definition) is 5. The molecule has 0 spiro atoms. The van der Waals surface area contributed by atoms with Crippen molar-refractivity contribution in [2.45, 2.75) is 29.9 Å². The number of alkyl halides is 3. The summed E-state index contributed by atoms with van der Waals surface area (Å²) in [6, 6.07) is 9.94. The molecule has 2 aromatic carbocycles. The van der Waals surface area contributed by atoms with Crippen LogP contribution in [0.25, 0.3) is 0 Å². The number of carbonyl (C=O) groups is 3. The molecule has 1 saturated heterocycles. The van der Waals surface area contributed by atoms with Crippen molar-refractivity contribution in [3.63, 3.8) is 0 Å². The van der Waals surface area contributed by atoms with Gasteiger partial charge < -0.3 is 10.2 Å². The van der Waals surface area contributed by atoms with Gasteiger partial charge in [0.15, 0.2) is 0 Å². The van der Waals surface area contributed by atoms with Crippen molar-refractivity contribution in [2.75, 3.05) is 10.2 Å². The van der Waals surface area contributed by atoms with Crippen molar-refractivity contribution < 1.29 is 31.9 Å². The van der Waals surface area contributed by atoms with Gasteiger partial charge in [0.1, 0.15) is 11.9 Å². The number of thioether (sulfide) groups is 1. The Labute approximate surface area is 207 Å². The fourth-order valence-electron chi connectivity index (χ4n) is 3.60. The molecule has 12 heteroatoms. The Hall–Kier alpha value is -3.93. The summed E-state index contributed by atoms with van der Waals surface area (Å²) in [4.78, 5) is 44.7. The monoisotopic (exact) mass is 518 g/mol. The molecular weight excluding hydrogens is 500 g/mol. The lowest BCUT2D eigenvalue weighted by Crippen LogP contribution is -2.33. The van der Waals surface area contributed by atoms with Crippen molar-refractivity contribution in [1.29, 1.82) is 0 Å². The van der Waals surface area contributed by atoms with E-state index in [9.17, 15) is 31.9 Å². The molecule has 4 amide bonds. The first-order valence-corrected chi connectivity index (χ1v) is 11.4. The van der Waals surface area contributed by atoms with E-state index >= 15 is 0 Å². The van der Waals surface area contributed by atoms with Crippen molar-refractivity contribution in [3.05, 3.63) is 83.9 Å². The van der Waals surface area contributed by atoms with Crippen LogP contribution in [0, 0.1) is 5.82 Å². The molecule has 1 aliphatic rings. The van der Waals surface area contributed by atoms with Crippen LogP contribution < -0.4 is 10.2 Å². The molecule has 1 aromatic heterocycles. The Morgan fingerprint density at radius 2 is 1.72 bits per heavy atom. The van der Waals surface area contributed by atoms with Gasteiger partial charge in [-0.25, -0.2) is 14.1 Å². The Balaban J connectivity index is 1.52. The lowest BCUT2D eigenvalue weighted by Gasteiger charge is -2.21. The normalized spacial score (nSPS) is 16.0. The third-order valence-electron chi connectivity index (χ3n) is 5.42. The minimum Gasteiger partial charge on any atom is -0.320 e. The third-order valence-corrected chi connectivity index (χ3v) is 6.16. The molecule has 186 valence electrons. The van der Waals surface area contributed by atoms with Crippen molar-refractivity contribution in [3.8, 4) is 0 Å². The quantitative estimate of drug-likeness (QED) is 0.267. The highest BCUT2D eigenvalue weighted by atomic mass is 32.2. The highest BCUT2D eigenvalue weighted by Crippen LogP contribution is 2.38. The molecule has 2 heterocycles. The van der Waals surface area contributed by atoms with Crippen LogP contribution in [0.5, 0.6) is 0 Å². The molecule has 1 atom stereocenters. The minimum atomic E-state index is -4.46. The molecular formula is C24H18F4N4O3S. The zero-order chi connectivity index (χ0) is 26.0. The summed E-state index contributed by atoms with van der Waals surface area (Å²) < 4.78 is 50.9. The smallest absolute Gasteiger partial charge is 0.320 e. The Morgan fingerprint density at radius 1 is 1.06 bits per heavy atom. The summed E-state index contributed by atoms with van der Waals surface area (Å²) in [7, 11) is 0. The Bertz CT molecular complexity index is 1300. The largest absolute Gasteiger partial charge is 0.446 e. The van der Waals surface area contributed by atoms with Crippen LogP contribution >= 0.6 is 11.8 Å². The Kier molecular flexibility index (Phi) is 6.97. The number of pyridine rings is 1. The fraction of sp³-hybridized carbons (Fsp3) is 0.167. The number of imide groups is 1. The summed E-state index contributed by atoms with van der Waals surface area (Å²) in [5, 5.41) is 2.67. The first-order valence-electron chi connectivity index (χ1n) is 10.5. The highest BCUT2D eigenvalue weighted by molar-refractivity contribution is 8.00. The first-order chi connectivity index (χ1) is 17.0. The van der Waals surface area contributed by atoms with Gasteiger partial charge in [0.25, 0.3) is 11.8 Å². The van der Waals surface area contributed by atoms with Crippen LogP contribution in [-0.4, -0.2) is 39.3 Å². The topological polar surface area (TPSA) is 82.6 Å². The number of nitrogens with zero attached hydrogens (tertiary/aromatic N) is 3. The van der Waals surface area contributed by atoms with E-state index in [-0.39, 0.29) is 34.5 Å². The van der Waals surface area contributed by atoms with Gasteiger partial charge in [-0.05, 0) is 78.8 Å². The maximum Gasteiger partial charge on any atom is 0.446 e. The fourth-order valence-corrected chi connectivity index (χ4v) is 4.14. The number of urea groups is 1. The minimum absolute atomic E-state index is 0.0498. The first kappa shape index (κ1) is 25.2. The number of carbonyl (C=O) groups excluding carboxylic acids is 3. The summed E-state index contributed by atoms with van der Waals surface area (Å²) in [6.07, 6.45) is 2.85. The molecule has 1 fully saturated rings. The number of nitrogens with one attached hydrogen (secondary N) is 1. The highest BCUT2D eigenvalue weighted by Gasteiger charge is 2.43. The summed E-state index contributed by atoms with van der Waals surface area (Å²) in [5.41, 5.74) is -3.31. The van der Waals surface area contributed by atoms with Gasteiger partial charge >= 0.3 is 11.5 Å². The molecule has 0 bridgehead atoms. The molecule has 1 aliphatic heterocycles. The van der Waals surface area contributed by atoms with E-state index in [0.29, 0.717) is 11.3 Å². The number of anilines is 2. The van der Waals surface area contributed by atoms with E-state index in [1.54, 1.807) is 6.07 Å². The SMILES string of the molecule is CC1C(=O)N(c2ccc(SC(F)(F)F)cc2)C(=O)N1Cc1ccncc1NC(=O)c1ccc(F)cc1. The van der Waals surface area contributed by atoms with E-state index in [0.717, 1.165) is 17.0 Å². The number of halogens is 4. The van der Waals surface area contributed by atoms with Gasteiger partial charge in [-0.2, -0.15) is 13.2 Å². The second-order valence-electron chi connectivity index (χ2n) is 7.80. The van der Waals surface area contributed by atoms with E-state index in [1.807, 2.05) is 0 Å². The zero-order valence-corrected chi connectivity index (χ0v) is 19.4. The number of aromatic nitrogens is 1. The number of hydrogen-bond donors (Lipinski definition) is 1. The molecule has 0 aliphatic carbocycles. The van der Waals surface area contributed by atoms with Gasteiger partial charge in [-0.15, -0.1) is 0 Å². The molecule has 1 unspecified atom stereocenters. The maximum atomic E-state index is 13.2. The van der Waals surface area contributed by atoms with Crippen molar-refractivity contribution in [2.24, 2.45) is 0 Å². The zero-order valence-electron chi connectivity index (χ0n) is 18.6. The molecule has 4 rings (SSSR count). The predicted molar refractivity (Wildman–Crippen MR) is 125 cm³/mol. The van der Waals surface area contributed by atoms with Gasteiger partial charge in [0.05, 0.1) is 24.1 Å². The molecule has 36 heavy (non-hydrogen) atoms. The summed E-state index contributed by atoms with van der Waals surface area (Å²) in [5.74, 6) is -1.54. The van der Waals surface area contributed by atoms with Gasteiger partial charge in [0.2, 0.25) is 0 Å². The molecule has 1 N–H and O–H groups in total. The van der Waals surface area contributed by atoms with Gasteiger partial charge in [-0.3, -0.25) is 14.6 Å². The average Bonchev–Trinajstić information content (AvgIpc) is 3.03. The van der Waals surface area contributed by atoms with Crippen LogP contribution in [0.15, 0.2) is 71.9 Å². The van der Waals surface area contributed by atoms with Crippen LogP contribution in [0.2, 0.25) is 0 Å². The number of benzene rings is 2. The standard InChI is InChI=1S/C24H18F4N4O3S/c1-14-22(34)32(18-6-8-19(9-7-18)36-24(26,27)28)23(35)31(14)13-16-10-11-29-12-20(16)30-21(33)15-2-4-17(25)5-3-15/h2-12,14H,13H2,1H3,(H,30,33). The van der Waals surface area contributed by atoms with E-state index in [2.05, 4.69) is 10.3 Å². The molecule has 7 nitrogen and oxygen atoms in total. The molecule has 0 radical (unpaired) electrons. The lowest BCUT2D eigenvalue weighted by molar-refractivity contribution is -0.119. The predicted octanol–water partition coefficient (Wildman–Crippen LogP) is 5.44. The second kappa shape index (κ2) is 9.97. The van der Waals surface area contributed by atoms with Crippen LogP contribution in [0.4, 0.5) is 33.7 Å². The van der Waals surface area contributed by atoms with Crippen molar-refractivity contribution in [1.82, 2.24) is 9.88 Å². The van der Waals surface area contributed by atoms with Crippen LogP contribution in [0.1, 0.15) is 22.8 Å². The maximum absolute atomic E-state index is 13.2. The third kappa shape index (κ3) is 5.48. The van der Waals surface area contributed by atoms with Gasteiger partial charge in [-0.1, -0.05) is 0 Å². The van der Waals surface area contributed by atoms with Crippen molar-refractivity contribution >= 4 is 41.0 Å². The molecule has 0 saturated carbocycles. The summed E-state index contributed by atoms with van der Waals surface area (Å²) >= 11 is -0.296. The van der Waals surface area contributed by atoms with Crippen LogP contribution in [-0.2, 0) is 11.3 Å². The van der Waals surface area contributed by atoms with Gasteiger partial charge in [0, 0.05) is 16.7 Å². The van der Waals surface area contributed by atoms with E-state index in [4.69, 9.17) is 0 Å². The number of amides is 4.